The average molecular weight is 406 g/mol. The van der Waals surface area contributed by atoms with Crippen molar-refractivity contribution in [3.8, 4) is 0 Å². The molecule has 6 nitrogen and oxygen atoms in total. The molecule has 0 aliphatic carbocycles. The second kappa shape index (κ2) is 9.73. The monoisotopic (exact) mass is 405 g/mol. The summed E-state index contributed by atoms with van der Waals surface area (Å²) in [7, 11) is 0. The zero-order chi connectivity index (χ0) is 20.8. The number of allylic oxidation sites excluding steroid dienone is 1. The molecule has 0 saturated carbocycles. The van der Waals surface area contributed by atoms with E-state index in [0.717, 1.165) is 24.8 Å². The van der Waals surface area contributed by atoms with Crippen LogP contribution in [0.1, 0.15) is 53.4 Å². The summed E-state index contributed by atoms with van der Waals surface area (Å²) in [4.78, 5) is 38.3. The second-order valence-corrected chi connectivity index (χ2v) is 7.63. The Kier molecular flexibility index (Phi) is 7.63. The Morgan fingerprint density at radius 3 is 2.57 bits per heavy atom. The molecule has 0 aromatic heterocycles. The van der Waals surface area contributed by atoms with Crippen LogP contribution in [0.25, 0.3) is 0 Å². The van der Waals surface area contributed by atoms with Crippen LogP contribution in [0.2, 0.25) is 5.02 Å². The lowest BCUT2D eigenvalue weighted by Gasteiger charge is -2.19. The molecule has 2 N–H and O–H groups in total. The number of benzene rings is 1. The lowest BCUT2D eigenvalue weighted by molar-refractivity contribution is -0.122. The van der Waals surface area contributed by atoms with Gasteiger partial charge in [-0.1, -0.05) is 36.9 Å². The quantitative estimate of drug-likeness (QED) is 0.388. The molecule has 0 spiro atoms. The van der Waals surface area contributed by atoms with Crippen LogP contribution in [0.15, 0.2) is 29.3 Å². The van der Waals surface area contributed by atoms with Gasteiger partial charge in [0.2, 0.25) is 11.8 Å². The minimum atomic E-state index is -0.507. The summed E-state index contributed by atoms with van der Waals surface area (Å²) in [6.07, 6.45) is 3.20. The van der Waals surface area contributed by atoms with E-state index in [2.05, 4.69) is 17.6 Å². The standard InChI is InChI=1S/C21H28ClN3O3/c1-5-6-7-10-23-20(27)14(4)24-18-11-15(8-9-17(18)22)25-19(26)12-16(13(2)3)21(25)28/h8-9,11,14,24H,5-7,10,12H2,1-4H3,(H,23,27). The van der Waals surface area contributed by atoms with E-state index in [-0.39, 0.29) is 24.1 Å². The van der Waals surface area contributed by atoms with E-state index in [1.54, 1.807) is 25.1 Å². The number of nitrogens with zero attached hydrogens (tertiary/aromatic N) is 1. The largest absolute Gasteiger partial charge is 0.373 e. The molecule has 3 amide bonds. The Morgan fingerprint density at radius 1 is 1.25 bits per heavy atom. The Bertz CT molecular complexity index is 800. The normalized spacial score (nSPS) is 15.0. The van der Waals surface area contributed by atoms with Gasteiger partial charge in [-0.05, 0) is 45.4 Å². The zero-order valence-corrected chi connectivity index (χ0v) is 17.7. The molecule has 28 heavy (non-hydrogen) atoms. The Morgan fingerprint density at radius 2 is 1.96 bits per heavy atom. The van der Waals surface area contributed by atoms with E-state index in [9.17, 15) is 14.4 Å². The van der Waals surface area contributed by atoms with Gasteiger partial charge in [-0.25, -0.2) is 4.90 Å². The predicted octanol–water partition coefficient (Wildman–Crippen LogP) is 4.05. The first-order valence-electron chi connectivity index (χ1n) is 9.63. The summed E-state index contributed by atoms with van der Waals surface area (Å²) in [5, 5.41) is 6.38. The highest BCUT2D eigenvalue weighted by Gasteiger charge is 2.35. The van der Waals surface area contributed by atoms with Crippen molar-refractivity contribution in [2.75, 3.05) is 16.8 Å². The maximum atomic E-state index is 12.6. The van der Waals surface area contributed by atoms with E-state index in [1.165, 1.54) is 4.90 Å². The number of unbranched alkanes of at least 4 members (excludes halogenated alkanes) is 2. The van der Waals surface area contributed by atoms with Crippen LogP contribution in [-0.2, 0) is 14.4 Å². The van der Waals surface area contributed by atoms with Crippen molar-refractivity contribution in [2.24, 2.45) is 0 Å². The third-order valence-electron chi connectivity index (χ3n) is 4.70. The van der Waals surface area contributed by atoms with Gasteiger partial charge in [0.15, 0.2) is 0 Å². The van der Waals surface area contributed by atoms with Gasteiger partial charge in [0.25, 0.3) is 5.91 Å². The number of rotatable bonds is 8. The fraction of sp³-hybridized carbons (Fsp3) is 0.476. The first-order valence-corrected chi connectivity index (χ1v) is 10.0. The second-order valence-electron chi connectivity index (χ2n) is 7.22. The van der Waals surface area contributed by atoms with Crippen molar-refractivity contribution >= 4 is 40.7 Å². The van der Waals surface area contributed by atoms with Crippen LogP contribution in [-0.4, -0.2) is 30.3 Å². The summed E-state index contributed by atoms with van der Waals surface area (Å²) < 4.78 is 0. The van der Waals surface area contributed by atoms with Gasteiger partial charge in [0.05, 0.1) is 22.8 Å². The maximum Gasteiger partial charge on any atom is 0.261 e. The van der Waals surface area contributed by atoms with Crippen LogP contribution < -0.4 is 15.5 Å². The van der Waals surface area contributed by atoms with Crippen molar-refractivity contribution in [3.63, 3.8) is 0 Å². The molecule has 1 atom stereocenters. The fourth-order valence-corrected chi connectivity index (χ4v) is 3.18. The van der Waals surface area contributed by atoms with E-state index in [0.29, 0.717) is 28.5 Å². The molecule has 1 aromatic carbocycles. The molecule has 1 aromatic rings. The first-order chi connectivity index (χ1) is 13.3. The number of carbonyl (C=O) groups excluding carboxylic acids is 3. The first kappa shape index (κ1) is 22.0. The summed E-state index contributed by atoms with van der Waals surface area (Å²) in [6.45, 7) is 8.12. The summed E-state index contributed by atoms with van der Waals surface area (Å²) in [6, 6.07) is 4.37. The zero-order valence-electron chi connectivity index (χ0n) is 16.9. The highest BCUT2D eigenvalue weighted by Crippen LogP contribution is 2.33. The molecule has 0 bridgehead atoms. The molecular weight excluding hydrogens is 378 g/mol. The Labute approximate surface area is 171 Å². The Hall–Kier alpha value is -2.34. The van der Waals surface area contributed by atoms with Crippen LogP contribution in [0.3, 0.4) is 0 Å². The fourth-order valence-electron chi connectivity index (χ4n) is 3.01. The van der Waals surface area contributed by atoms with Gasteiger partial charge in [-0.15, -0.1) is 0 Å². The van der Waals surface area contributed by atoms with Crippen molar-refractivity contribution in [1.29, 1.82) is 0 Å². The number of amides is 3. The number of carbonyl (C=O) groups is 3. The minimum absolute atomic E-state index is 0.100. The molecule has 152 valence electrons. The smallest absolute Gasteiger partial charge is 0.261 e. The minimum Gasteiger partial charge on any atom is -0.373 e. The molecule has 1 fully saturated rings. The molecule has 1 aliphatic rings. The van der Waals surface area contributed by atoms with Gasteiger partial charge >= 0.3 is 0 Å². The van der Waals surface area contributed by atoms with Gasteiger partial charge < -0.3 is 10.6 Å². The van der Waals surface area contributed by atoms with E-state index in [1.807, 2.05) is 13.8 Å². The number of halogens is 1. The van der Waals surface area contributed by atoms with Crippen molar-refractivity contribution in [1.82, 2.24) is 5.32 Å². The molecule has 7 heteroatoms. The van der Waals surface area contributed by atoms with E-state index < -0.39 is 6.04 Å². The van der Waals surface area contributed by atoms with E-state index >= 15 is 0 Å². The number of nitrogens with one attached hydrogen (secondary N) is 2. The predicted molar refractivity (Wildman–Crippen MR) is 113 cm³/mol. The molecule has 0 radical (unpaired) electrons. The summed E-state index contributed by atoms with van der Waals surface area (Å²) in [5.41, 5.74) is 2.30. The van der Waals surface area contributed by atoms with Gasteiger partial charge in [-0.2, -0.15) is 0 Å². The van der Waals surface area contributed by atoms with E-state index in [4.69, 9.17) is 11.6 Å². The Balaban J connectivity index is 2.13. The third-order valence-corrected chi connectivity index (χ3v) is 5.02. The summed E-state index contributed by atoms with van der Waals surface area (Å²) in [5.74, 6) is -0.700. The third kappa shape index (κ3) is 5.13. The molecule has 1 unspecified atom stereocenters. The lowest BCUT2D eigenvalue weighted by atomic mass is 10.1. The highest BCUT2D eigenvalue weighted by atomic mass is 35.5. The number of hydrogen-bond donors (Lipinski definition) is 2. The number of hydrogen-bond acceptors (Lipinski definition) is 4. The molecular formula is C21H28ClN3O3. The molecule has 2 rings (SSSR count). The topological polar surface area (TPSA) is 78.5 Å². The van der Waals surface area contributed by atoms with Crippen LogP contribution in [0.5, 0.6) is 0 Å². The molecule has 1 aliphatic heterocycles. The molecule has 1 saturated heterocycles. The SMILES string of the molecule is CCCCCNC(=O)C(C)Nc1cc(N2C(=O)CC(=C(C)C)C2=O)ccc1Cl. The molecule has 1 heterocycles. The van der Waals surface area contributed by atoms with Gasteiger partial charge in [0.1, 0.15) is 6.04 Å². The van der Waals surface area contributed by atoms with Crippen molar-refractivity contribution < 1.29 is 14.4 Å². The van der Waals surface area contributed by atoms with Crippen molar-refractivity contribution in [3.05, 3.63) is 34.4 Å². The number of imide groups is 1. The van der Waals surface area contributed by atoms with Crippen LogP contribution in [0.4, 0.5) is 11.4 Å². The van der Waals surface area contributed by atoms with Gasteiger partial charge in [-0.3, -0.25) is 14.4 Å². The maximum absolute atomic E-state index is 12.6. The van der Waals surface area contributed by atoms with Gasteiger partial charge in [0, 0.05) is 12.1 Å². The van der Waals surface area contributed by atoms with Crippen LogP contribution in [0, 0.1) is 0 Å². The summed E-state index contributed by atoms with van der Waals surface area (Å²) >= 11 is 6.26. The highest BCUT2D eigenvalue weighted by molar-refractivity contribution is 6.34. The number of anilines is 2. The van der Waals surface area contributed by atoms with Crippen LogP contribution >= 0.6 is 11.6 Å². The average Bonchev–Trinajstić information content (AvgIpc) is 2.95. The lowest BCUT2D eigenvalue weighted by Crippen LogP contribution is -2.38. The van der Waals surface area contributed by atoms with Crippen molar-refractivity contribution in [2.45, 2.75) is 59.4 Å².